The Morgan fingerprint density at radius 3 is 2.56 bits per heavy atom. The summed E-state index contributed by atoms with van der Waals surface area (Å²) >= 11 is 1.27. The molecular formula is C25H24N2O4S. The van der Waals surface area contributed by atoms with E-state index in [1.807, 2.05) is 31.2 Å². The Morgan fingerprint density at radius 2 is 1.94 bits per heavy atom. The largest absolute Gasteiger partial charge is 0.507 e. The van der Waals surface area contributed by atoms with Crippen LogP contribution in [0, 0.1) is 0 Å². The molecule has 1 aliphatic rings. The van der Waals surface area contributed by atoms with Crippen molar-refractivity contribution < 1.29 is 19.4 Å². The number of aliphatic hydroxyl groups excluding tert-OH is 1. The van der Waals surface area contributed by atoms with Gasteiger partial charge in [-0.3, -0.25) is 14.5 Å². The zero-order valence-electron chi connectivity index (χ0n) is 18.1. The van der Waals surface area contributed by atoms with Crippen molar-refractivity contribution in [3.8, 4) is 5.75 Å². The van der Waals surface area contributed by atoms with Gasteiger partial charge in [-0.05, 0) is 36.1 Å². The van der Waals surface area contributed by atoms with Crippen molar-refractivity contribution in [1.29, 1.82) is 0 Å². The minimum atomic E-state index is -0.780. The van der Waals surface area contributed by atoms with Gasteiger partial charge in [0.15, 0.2) is 5.13 Å². The number of carbonyl (C=O) groups excluding carboxylic acids is 2. The van der Waals surface area contributed by atoms with E-state index in [0.29, 0.717) is 29.0 Å². The molecule has 1 saturated heterocycles. The number of hydrogen-bond acceptors (Lipinski definition) is 6. The molecule has 0 saturated carbocycles. The van der Waals surface area contributed by atoms with E-state index >= 15 is 0 Å². The molecule has 6 nitrogen and oxygen atoms in total. The highest BCUT2D eigenvalue weighted by molar-refractivity contribution is 7.14. The van der Waals surface area contributed by atoms with Gasteiger partial charge in [0.25, 0.3) is 5.78 Å². The summed E-state index contributed by atoms with van der Waals surface area (Å²) in [4.78, 5) is 31.8. The number of ether oxygens (including phenoxy) is 1. The normalized spacial score (nSPS) is 17.9. The Morgan fingerprint density at radius 1 is 1.19 bits per heavy atom. The van der Waals surface area contributed by atoms with Crippen LogP contribution in [0.4, 0.5) is 5.13 Å². The minimum Gasteiger partial charge on any atom is -0.507 e. The molecule has 1 N–H and O–H groups in total. The fraction of sp³-hybridized carbons (Fsp3) is 0.240. The van der Waals surface area contributed by atoms with Gasteiger partial charge >= 0.3 is 5.91 Å². The first kappa shape index (κ1) is 21.8. The molecule has 1 aromatic heterocycles. The number of hydrogen-bond donors (Lipinski definition) is 1. The predicted octanol–water partition coefficient (Wildman–Crippen LogP) is 5.29. The first-order valence-corrected chi connectivity index (χ1v) is 11.3. The fourth-order valence-electron chi connectivity index (χ4n) is 3.80. The lowest BCUT2D eigenvalue weighted by Crippen LogP contribution is -2.29. The van der Waals surface area contributed by atoms with E-state index in [0.717, 1.165) is 11.1 Å². The summed E-state index contributed by atoms with van der Waals surface area (Å²) in [5.74, 6) is -0.765. The fourth-order valence-corrected chi connectivity index (χ4v) is 4.47. The van der Waals surface area contributed by atoms with Crippen molar-refractivity contribution in [3.05, 3.63) is 82.4 Å². The second-order valence-electron chi connectivity index (χ2n) is 7.77. The monoisotopic (exact) mass is 448 g/mol. The first-order valence-electron chi connectivity index (χ1n) is 10.5. The number of Topliss-reactive ketones (excluding diaryl/α,β-unsaturated/α-hetero) is 1. The lowest BCUT2D eigenvalue weighted by molar-refractivity contribution is -0.132. The highest BCUT2D eigenvalue weighted by Crippen LogP contribution is 2.43. The van der Waals surface area contributed by atoms with Gasteiger partial charge in [-0.25, -0.2) is 4.98 Å². The topological polar surface area (TPSA) is 79.7 Å². The molecule has 0 radical (unpaired) electrons. The molecule has 0 spiro atoms. The van der Waals surface area contributed by atoms with Gasteiger partial charge < -0.3 is 9.84 Å². The van der Waals surface area contributed by atoms with E-state index in [4.69, 9.17) is 4.74 Å². The number of anilines is 1. The van der Waals surface area contributed by atoms with Gasteiger partial charge in [0, 0.05) is 17.1 Å². The molecule has 1 amide bonds. The molecule has 164 valence electrons. The lowest BCUT2D eigenvalue weighted by Gasteiger charge is -2.23. The summed E-state index contributed by atoms with van der Waals surface area (Å²) in [7, 11) is 0. The average Bonchev–Trinajstić information content (AvgIpc) is 3.41. The maximum Gasteiger partial charge on any atom is 0.301 e. The highest BCUT2D eigenvalue weighted by atomic mass is 32.1. The summed E-state index contributed by atoms with van der Waals surface area (Å²) in [5, 5.41) is 13.4. The molecule has 2 aromatic carbocycles. The number of aromatic nitrogens is 1. The van der Waals surface area contributed by atoms with E-state index in [2.05, 4.69) is 18.8 Å². The van der Waals surface area contributed by atoms with Crippen molar-refractivity contribution in [1.82, 2.24) is 4.98 Å². The summed E-state index contributed by atoms with van der Waals surface area (Å²) in [5.41, 5.74) is 2.32. The van der Waals surface area contributed by atoms with Crippen molar-refractivity contribution in [2.24, 2.45) is 0 Å². The van der Waals surface area contributed by atoms with Crippen LogP contribution >= 0.6 is 11.3 Å². The van der Waals surface area contributed by atoms with Crippen LogP contribution in [0.2, 0.25) is 0 Å². The number of thiazole rings is 1. The maximum atomic E-state index is 13.1. The van der Waals surface area contributed by atoms with E-state index < -0.39 is 17.7 Å². The molecule has 3 aromatic rings. The van der Waals surface area contributed by atoms with Crippen LogP contribution in [0.1, 0.15) is 49.4 Å². The van der Waals surface area contributed by atoms with Crippen molar-refractivity contribution >= 4 is 33.9 Å². The minimum absolute atomic E-state index is 0.0381. The Kier molecular flexibility index (Phi) is 6.10. The Labute approximate surface area is 190 Å². The number of amides is 1. The van der Waals surface area contributed by atoms with Gasteiger partial charge in [0.05, 0.1) is 18.2 Å². The van der Waals surface area contributed by atoms with E-state index in [-0.39, 0.29) is 11.3 Å². The maximum absolute atomic E-state index is 13.1. The molecule has 1 aliphatic heterocycles. The van der Waals surface area contributed by atoms with Crippen LogP contribution in [0.3, 0.4) is 0 Å². The smallest absolute Gasteiger partial charge is 0.301 e. The zero-order chi connectivity index (χ0) is 22.8. The molecule has 7 heteroatoms. The molecule has 4 rings (SSSR count). The van der Waals surface area contributed by atoms with E-state index in [9.17, 15) is 14.7 Å². The van der Waals surface area contributed by atoms with Gasteiger partial charge in [0.1, 0.15) is 11.5 Å². The Balaban J connectivity index is 1.89. The number of benzene rings is 2. The van der Waals surface area contributed by atoms with E-state index in [1.165, 1.54) is 16.2 Å². The van der Waals surface area contributed by atoms with Gasteiger partial charge in [-0.2, -0.15) is 0 Å². The number of carbonyl (C=O) groups is 2. The van der Waals surface area contributed by atoms with Crippen LogP contribution in [0.25, 0.3) is 5.76 Å². The molecule has 1 fully saturated rings. The second-order valence-corrected chi connectivity index (χ2v) is 8.64. The molecule has 0 aliphatic carbocycles. The van der Waals surface area contributed by atoms with Crippen LogP contribution in [0.5, 0.6) is 5.75 Å². The van der Waals surface area contributed by atoms with E-state index in [1.54, 1.807) is 35.8 Å². The SMILES string of the molecule is CCOc1cccc(C(O)=C2C(=O)C(=O)N(c3nccs3)C2c2ccc(C(C)C)cc2)c1. The molecule has 2 heterocycles. The van der Waals surface area contributed by atoms with Crippen molar-refractivity contribution in [2.75, 3.05) is 11.5 Å². The van der Waals surface area contributed by atoms with Crippen LogP contribution < -0.4 is 9.64 Å². The van der Waals surface area contributed by atoms with Crippen LogP contribution in [-0.2, 0) is 9.59 Å². The molecular weight excluding hydrogens is 424 g/mol. The summed E-state index contributed by atoms with van der Waals surface area (Å²) in [6, 6.07) is 13.8. The predicted molar refractivity (Wildman–Crippen MR) is 125 cm³/mol. The van der Waals surface area contributed by atoms with Gasteiger partial charge in [-0.15, -0.1) is 11.3 Å². The standard InChI is InChI=1S/C25H24N2O4S/c1-4-31-19-7-5-6-18(14-19)22(28)20-21(17-10-8-16(9-11-17)15(2)3)27(24(30)23(20)29)25-26-12-13-32-25/h5-15,21,28H,4H2,1-3H3. The van der Waals surface area contributed by atoms with Gasteiger partial charge in [0.2, 0.25) is 0 Å². The number of nitrogens with zero attached hydrogens (tertiary/aromatic N) is 2. The molecule has 0 bridgehead atoms. The van der Waals surface area contributed by atoms with Crippen molar-refractivity contribution in [2.45, 2.75) is 32.7 Å². The zero-order valence-corrected chi connectivity index (χ0v) is 18.9. The van der Waals surface area contributed by atoms with Crippen LogP contribution in [-0.4, -0.2) is 28.4 Å². The summed E-state index contributed by atoms with van der Waals surface area (Å²) in [6.45, 7) is 6.54. The summed E-state index contributed by atoms with van der Waals surface area (Å²) in [6.07, 6.45) is 1.59. The third-order valence-electron chi connectivity index (χ3n) is 5.41. The third-order valence-corrected chi connectivity index (χ3v) is 6.18. The quantitative estimate of drug-likeness (QED) is 0.315. The Hall–Kier alpha value is -3.45. The first-order chi connectivity index (χ1) is 15.4. The average molecular weight is 449 g/mol. The lowest BCUT2D eigenvalue weighted by atomic mass is 9.93. The number of ketones is 1. The van der Waals surface area contributed by atoms with Crippen LogP contribution in [0.15, 0.2) is 65.7 Å². The molecule has 1 atom stereocenters. The second kappa shape index (κ2) is 8.96. The molecule has 32 heavy (non-hydrogen) atoms. The number of aliphatic hydroxyl groups is 1. The molecule has 1 unspecified atom stereocenters. The highest BCUT2D eigenvalue weighted by Gasteiger charge is 2.48. The summed E-state index contributed by atoms with van der Waals surface area (Å²) < 4.78 is 5.53. The van der Waals surface area contributed by atoms with Crippen molar-refractivity contribution in [3.63, 3.8) is 0 Å². The third kappa shape index (κ3) is 3.91. The van der Waals surface area contributed by atoms with Gasteiger partial charge in [-0.1, -0.05) is 50.2 Å². The number of rotatable bonds is 6. The Bertz CT molecular complexity index is 1170.